The standard InChI is InChI=1S/C5H7NO2.C3H9O3P/c1-3-2-4(7)6-5(3)8;1-4-7(5-2)6-3/h3H,2H2,1H3,(H,6,7,8);1-3H3. The maximum Gasteiger partial charge on any atom is 0.331 e. The lowest BCUT2D eigenvalue weighted by Gasteiger charge is -2.05. The number of hydrogen-bond donors (Lipinski definition) is 1. The van der Waals surface area contributed by atoms with Crippen LogP contribution in [0.2, 0.25) is 0 Å². The topological polar surface area (TPSA) is 73.9 Å². The Labute approximate surface area is 90.3 Å². The third-order valence-electron chi connectivity index (χ3n) is 1.65. The van der Waals surface area contributed by atoms with E-state index in [2.05, 4.69) is 18.9 Å². The van der Waals surface area contributed by atoms with E-state index in [0.29, 0.717) is 6.42 Å². The van der Waals surface area contributed by atoms with Gasteiger partial charge >= 0.3 is 8.60 Å². The maximum absolute atomic E-state index is 10.5. The van der Waals surface area contributed by atoms with Gasteiger partial charge in [0.1, 0.15) is 0 Å². The summed E-state index contributed by atoms with van der Waals surface area (Å²) in [4.78, 5) is 20.8. The van der Waals surface area contributed by atoms with Gasteiger partial charge in [-0.05, 0) is 0 Å². The number of hydrogen-bond acceptors (Lipinski definition) is 5. The van der Waals surface area contributed by atoms with Gasteiger partial charge in [-0.3, -0.25) is 14.9 Å². The summed E-state index contributed by atoms with van der Waals surface area (Å²) in [6, 6.07) is 0. The van der Waals surface area contributed by atoms with Crippen molar-refractivity contribution >= 4 is 20.4 Å². The summed E-state index contributed by atoms with van der Waals surface area (Å²) in [5.74, 6) is -0.403. The van der Waals surface area contributed by atoms with E-state index in [1.54, 1.807) is 28.3 Å². The van der Waals surface area contributed by atoms with E-state index in [1.807, 2.05) is 0 Å². The predicted octanol–water partition coefficient (Wildman–Crippen LogP) is 0.821. The second-order valence-corrected chi connectivity index (χ2v) is 4.33. The van der Waals surface area contributed by atoms with Crippen molar-refractivity contribution in [3.8, 4) is 0 Å². The Morgan fingerprint density at radius 2 is 1.67 bits per heavy atom. The van der Waals surface area contributed by atoms with Crippen LogP contribution in [0.5, 0.6) is 0 Å². The van der Waals surface area contributed by atoms with E-state index in [4.69, 9.17) is 0 Å². The minimum absolute atomic E-state index is 0.109. The quantitative estimate of drug-likeness (QED) is 0.581. The number of carbonyl (C=O) groups is 2. The highest BCUT2D eigenvalue weighted by atomic mass is 31.2. The first-order valence-corrected chi connectivity index (χ1v) is 5.40. The predicted molar refractivity (Wildman–Crippen MR) is 54.9 cm³/mol. The molecule has 7 heteroatoms. The molecule has 2 amide bonds. The molecule has 1 saturated heterocycles. The van der Waals surface area contributed by atoms with Crippen molar-refractivity contribution < 1.29 is 23.2 Å². The normalized spacial score (nSPS) is 19.9. The smallest absolute Gasteiger partial charge is 0.316 e. The van der Waals surface area contributed by atoms with Crippen LogP contribution in [0.15, 0.2) is 0 Å². The van der Waals surface area contributed by atoms with Crippen LogP contribution in [0.25, 0.3) is 0 Å². The van der Waals surface area contributed by atoms with E-state index in [9.17, 15) is 9.59 Å². The maximum atomic E-state index is 10.5. The molecule has 0 aromatic rings. The average molecular weight is 237 g/mol. The molecule has 0 aromatic carbocycles. The summed E-state index contributed by atoms with van der Waals surface area (Å²) in [6.45, 7) is 1.74. The van der Waals surface area contributed by atoms with Crippen molar-refractivity contribution in [1.82, 2.24) is 5.32 Å². The van der Waals surface area contributed by atoms with E-state index >= 15 is 0 Å². The Balaban J connectivity index is 0.000000265. The highest BCUT2D eigenvalue weighted by molar-refractivity contribution is 7.41. The molecule has 0 aliphatic carbocycles. The van der Waals surface area contributed by atoms with Crippen LogP contribution in [0.4, 0.5) is 0 Å². The molecule has 0 saturated carbocycles. The molecule has 0 aromatic heterocycles. The highest BCUT2D eigenvalue weighted by Gasteiger charge is 2.25. The van der Waals surface area contributed by atoms with Crippen LogP contribution in [0, 0.1) is 5.92 Å². The van der Waals surface area contributed by atoms with Crippen LogP contribution in [0.3, 0.4) is 0 Å². The Hall–Kier alpha value is -0.550. The van der Waals surface area contributed by atoms with Gasteiger partial charge in [-0.1, -0.05) is 6.92 Å². The minimum atomic E-state index is -1.05. The van der Waals surface area contributed by atoms with Gasteiger partial charge in [0.05, 0.1) is 0 Å². The molecule has 0 spiro atoms. The molecule has 0 bridgehead atoms. The summed E-state index contributed by atoms with van der Waals surface area (Å²) < 4.78 is 14.0. The van der Waals surface area contributed by atoms with Crippen molar-refractivity contribution in [1.29, 1.82) is 0 Å². The molecule has 1 aliphatic rings. The molecule has 0 radical (unpaired) electrons. The van der Waals surface area contributed by atoms with E-state index in [-0.39, 0.29) is 17.7 Å². The molecule has 1 atom stereocenters. The van der Waals surface area contributed by atoms with Crippen molar-refractivity contribution in [3.05, 3.63) is 0 Å². The van der Waals surface area contributed by atoms with Crippen molar-refractivity contribution in [2.24, 2.45) is 5.92 Å². The lowest BCUT2D eigenvalue weighted by Crippen LogP contribution is -2.20. The zero-order valence-electron chi connectivity index (χ0n) is 9.27. The Kier molecular flexibility index (Phi) is 7.42. The number of carbonyl (C=O) groups excluding carboxylic acids is 2. The monoisotopic (exact) mass is 237 g/mol. The van der Waals surface area contributed by atoms with E-state index < -0.39 is 8.60 Å². The molecule has 1 N–H and O–H groups in total. The summed E-state index contributed by atoms with van der Waals surface area (Å²) in [5, 5.41) is 2.19. The van der Waals surface area contributed by atoms with Gasteiger partial charge in [0.2, 0.25) is 11.8 Å². The van der Waals surface area contributed by atoms with E-state index in [1.165, 1.54) is 0 Å². The number of amides is 2. The van der Waals surface area contributed by atoms with Gasteiger partial charge in [0.15, 0.2) is 0 Å². The van der Waals surface area contributed by atoms with Gasteiger partial charge in [0, 0.05) is 33.7 Å². The average Bonchev–Trinajstić information content (AvgIpc) is 2.48. The molecule has 15 heavy (non-hydrogen) atoms. The fourth-order valence-corrected chi connectivity index (χ4v) is 1.35. The lowest BCUT2D eigenvalue weighted by molar-refractivity contribution is -0.125. The van der Waals surface area contributed by atoms with Crippen LogP contribution in [-0.4, -0.2) is 33.1 Å². The summed E-state index contributed by atoms with van der Waals surface area (Å²) in [5.41, 5.74) is 0. The molecule has 6 nitrogen and oxygen atoms in total. The van der Waals surface area contributed by atoms with Gasteiger partial charge in [0.25, 0.3) is 0 Å². The summed E-state index contributed by atoms with van der Waals surface area (Å²) in [7, 11) is 3.57. The summed E-state index contributed by atoms with van der Waals surface area (Å²) in [6.07, 6.45) is 0.360. The molecule has 1 heterocycles. The van der Waals surface area contributed by atoms with Gasteiger partial charge in [-0.15, -0.1) is 0 Å². The van der Waals surface area contributed by atoms with Crippen molar-refractivity contribution in [2.75, 3.05) is 21.3 Å². The second-order valence-electron chi connectivity index (χ2n) is 2.79. The molecule has 1 fully saturated rings. The highest BCUT2D eigenvalue weighted by Crippen LogP contribution is 2.35. The van der Waals surface area contributed by atoms with Crippen LogP contribution in [0.1, 0.15) is 13.3 Å². The number of imide groups is 1. The van der Waals surface area contributed by atoms with Crippen LogP contribution >= 0.6 is 8.60 Å². The van der Waals surface area contributed by atoms with Crippen molar-refractivity contribution in [3.63, 3.8) is 0 Å². The Bertz CT molecular complexity index is 214. The number of rotatable bonds is 3. The van der Waals surface area contributed by atoms with Crippen molar-refractivity contribution in [2.45, 2.75) is 13.3 Å². The lowest BCUT2D eigenvalue weighted by atomic mass is 10.1. The second kappa shape index (κ2) is 7.70. The third kappa shape index (κ3) is 5.79. The van der Waals surface area contributed by atoms with Crippen LogP contribution < -0.4 is 5.32 Å². The van der Waals surface area contributed by atoms with E-state index in [0.717, 1.165) is 0 Å². The van der Waals surface area contributed by atoms with Gasteiger partial charge in [-0.25, -0.2) is 0 Å². The minimum Gasteiger partial charge on any atom is -0.316 e. The number of nitrogens with one attached hydrogen (secondary N) is 1. The Morgan fingerprint density at radius 1 is 1.20 bits per heavy atom. The zero-order chi connectivity index (χ0) is 11.8. The largest absolute Gasteiger partial charge is 0.331 e. The SMILES string of the molecule is CC1CC(=O)NC1=O.COP(OC)OC. The molecule has 1 aliphatic heterocycles. The molecule has 88 valence electrons. The first-order chi connectivity index (χ1) is 7.04. The zero-order valence-corrected chi connectivity index (χ0v) is 10.2. The van der Waals surface area contributed by atoms with Gasteiger partial charge < -0.3 is 13.6 Å². The molecule has 1 rings (SSSR count). The van der Waals surface area contributed by atoms with Crippen LogP contribution in [-0.2, 0) is 23.2 Å². The Morgan fingerprint density at radius 3 is 1.73 bits per heavy atom. The summed E-state index contributed by atoms with van der Waals surface area (Å²) >= 11 is 0. The first kappa shape index (κ1) is 14.5. The van der Waals surface area contributed by atoms with Gasteiger partial charge in [-0.2, -0.15) is 0 Å². The molecular weight excluding hydrogens is 221 g/mol. The molecular formula is C8H16NO5P. The fraction of sp³-hybridized carbons (Fsp3) is 0.750. The third-order valence-corrected chi connectivity index (χ3v) is 2.54. The molecule has 1 unspecified atom stereocenters. The fourth-order valence-electron chi connectivity index (χ4n) is 0.906. The first-order valence-electron chi connectivity index (χ1n) is 4.31.